The quantitative estimate of drug-likeness (QED) is 0.568. The molecule has 3 aromatic rings. The van der Waals surface area contributed by atoms with E-state index in [2.05, 4.69) is 15.6 Å². The van der Waals surface area contributed by atoms with Crippen molar-refractivity contribution in [2.75, 3.05) is 38.6 Å². The lowest BCUT2D eigenvalue weighted by atomic mass is 10.0. The van der Waals surface area contributed by atoms with Gasteiger partial charge in [0.2, 0.25) is 11.9 Å². The van der Waals surface area contributed by atoms with Crippen LogP contribution in [-0.2, 0) is 4.79 Å². The Morgan fingerprint density at radius 1 is 0.914 bits per heavy atom. The highest BCUT2D eigenvalue weighted by Gasteiger charge is 2.31. The molecule has 0 saturated carbocycles. The van der Waals surface area contributed by atoms with Crippen molar-refractivity contribution in [2.45, 2.75) is 6.17 Å². The van der Waals surface area contributed by atoms with E-state index < -0.39 is 12.2 Å². The van der Waals surface area contributed by atoms with Gasteiger partial charge in [0.1, 0.15) is 0 Å². The summed E-state index contributed by atoms with van der Waals surface area (Å²) in [4.78, 5) is 32.4. The van der Waals surface area contributed by atoms with E-state index in [4.69, 9.17) is 14.2 Å². The molecule has 0 aromatic heterocycles. The van der Waals surface area contributed by atoms with E-state index in [9.17, 15) is 9.59 Å². The Hall–Kier alpha value is -4.53. The zero-order chi connectivity index (χ0) is 24.9. The largest absolute Gasteiger partial charge is 0.493 e. The number of hydrogen-bond donors (Lipinski definition) is 2. The molecule has 35 heavy (non-hydrogen) atoms. The van der Waals surface area contributed by atoms with Crippen LogP contribution >= 0.6 is 0 Å². The number of aliphatic imine (C=N–C) groups is 1. The number of carbonyl (C=O) groups excluding carboxylic acids is 2. The average molecular weight is 475 g/mol. The van der Waals surface area contributed by atoms with Crippen LogP contribution in [0.2, 0.25) is 0 Å². The van der Waals surface area contributed by atoms with Crippen molar-refractivity contribution in [1.82, 2.24) is 5.32 Å². The Labute approximate surface area is 203 Å². The van der Waals surface area contributed by atoms with Crippen LogP contribution in [0.3, 0.4) is 0 Å². The lowest BCUT2D eigenvalue weighted by Gasteiger charge is -2.21. The third-order valence-electron chi connectivity index (χ3n) is 5.58. The number of urea groups is 1. The molecule has 1 unspecified atom stereocenters. The first kappa shape index (κ1) is 23.6. The molecule has 180 valence electrons. The fraction of sp³-hybridized carbons (Fsp3) is 0.192. The van der Waals surface area contributed by atoms with Crippen LogP contribution < -0.4 is 29.7 Å². The van der Waals surface area contributed by atoms with Gasteiger partial charge >= 0.3 is 6.03 Å². The fourth-order valence-electron chi connectivity index (χ4n) is 3.89. The zero-order valence-corrected chi connectivity index (χ0v) is 19.9. The highest BCUT2D eigenvalue weighted by molar-refractivity contribution is 6.20. The minimum absolute atomic E-state index is 0.372. The molecule has 0 bridgehead atoms. The van der Waals surface area contributed by atoms with Gasteiger partial charge in [0, 0.05) is 30.3 Å². The monoisotopic (exact) mass is 474 g/mol. The van der Waals surface area contributed by atoms with Gasteiger partial charge in [0.25, 0.3) is 5.91 Å². The molecule has 1 aliphatic heterocycles. The molecule has 1 heterocycles. The highest BCUT2D eigenvalue weighted by atomic mass is 16.5. The number of amides is 3. The lowest BCUT2D eigenvalue weighted by molar-refractivity contribution is -0.119. The predicted molar refractivity (Wildman–Crippen MR) is 134 cm³/mol. The van der Waals surface area contributed by atoms with Gasteiger partial charge in [0.05, 0.1) is 38.4 Å². The Kier molecular flexibility index (Phi) is 6.86. The van der Waals surface area contributed by atoms with Crippen LogP contribution in [-0.4, -0.2) is 52.2 Å². The van der Waals surface area contributed by atoms with Crippen LogP contribution in [0.25, 0.3) is 0 Å². The number of methoxy groups -OCH3 is 3. The normalized spacial score (nSPS) is 14.9. The maximum atomic E-state index is 13.3. The van der Waals surface area contributed by atoms with E-state index in [0.717, 1.165) is 11.1 Å². The summed E-state index contributed by atoms with van der Waals surface area (Å²) in [7, 11) is 6.13. The third kappa shape index (κ3) is 4.74. The van der Waals surface area contributed by atoms with E-state index in [1.807, 2.05) is 54.6 Å². The molecule has 9 nitrogen and oxygen atoms in total. The Morgan fingerprint density at radius 2 is 1.54 bits per heavy atom. The summed E-state index contributed by atoms with van der Waals surface area (Å²) in [6.07, 6.45) is -1.15. The average Bonchev–Trinajstić information content (AvgIpc) is 2.99. The van der Waals surface area contributed by atoms with Crippen LogP contribution in [0.4, 0.5) is 16.2 Å². The molecule has 0 spiro atoms. The smallest absolute Gasteiger partial charge is 0.321 e. The number of ether oxygens (including phenoxy) is 3. The van der Waals surface area contributed by atoms with Crippen molar-refractivity contribution in [1.29, 1.82) is 0 Å². The van der Waals surface area contributed by atoms with E-state index >= 15 is 0 Å². The number of fused-ring (bicyclic) bond motifs is 1. The second kappa shape index (κ2) is 10.2. The van der Waals surface area contributed by atoms with Gasteiger partial charge in [-0.1, -0.05) is 48.5 Å². The number of hydrogen-bond acceptors (Lipinski definition) is 6. The number of benzodiazepines with no additional fused rings is 1. The number of rotatable bonds is 6. The summed E-state index contributed by atoms with van der Waals surface area (Å²) in [6, 6.07) is 19.6. The molecule has 0 radical (unpaired) electrons. The number of nitrogens with one attached hydrogen (secondary N) is 2. The van der Waals surface area contributed by atoms with Crippen molar-refractivity contribution < 1.29 is 23.8 Å². The third-order valence-corrected chi connectivity index (χ3v) is 5.58. The lowest BCUT2D eigenvalue weighted by Crippen LogP contribution is -2.47. The van der Waals surface area contributed by atoms with Crippen LogP contribution in [0.1, 0.15) is 11.1 Å². The second-order valence-corrected chi connectivity index (χ2v) is 7.67. The summed E-state index contributed by atoms with van der Waals surface area (Å²) >= 11 is 0. The fourth-order valence-corrected chi connectivity index (χ4v) is 3.89. The standard InChI is InChI=1S/C26H26N4O5/c1-30-19-13-9-8-12-18(19)22(16-10-6-5-7-11-16)28-24(25(30)31)29-26(32)27-17-14-20(33-2)23(35-4)21(15-17)34-3/h5-15,24H,1-4H3,(H2,27,29,32). The number of benzene rings is 3. The molecule has 0 fully saturated rings. The van der Waals surface area contributed by atoms with Crippen LogP contribution in [0.5, 0.6) is 17.2 Å². The summed E-state index contributed by atoms with van der Waals surface area (Å²) < 4.78 is 16.0. The van der Waals surface area contributed by atoms with Gasteiger partial charge in [-0.15, -0.1) is 0 Å². The molecule has 1 aliphatic rings. The molecule has 9 heteroatoms. The van der Waals surface area contributed by atoms with Crippen LogP contribution in [0.15, 0.2) is 71.7 Å². The Morgan fingerprint density at radius 3 is 2.17 bits per heavy atom. The van der Waals surface area contributed by atoms with Crippen molar-refractivity contribution in [3.05, 3.63) is 77.9 Å². The number of nitrogens with zero attached hydrogens (tertiary/aromatic N) is 2. The number of carbonyl (C=O) groups is 2. The van der Waals surface area contributed by atoms with Gasteiger partial charge in [-0.2, -0.15) is 0 Å². The summed E-state index contributed by atoms with van der Waals surface area (Å²) in [5.74, 6) is 0.791. The maximum Gasteiger partial charge on any atom is 0.321 e. The Bertz CT molecular complexity index is 1250. The van der Waals surface area contributed by atoms with Gasteiger partial charge in [0.15, 0.2) is 11.5 Å². The number of likely N-dealkylation sites (N-methyl/N-ethyl adjacent to an activating group) is 1. The van der Waals surface area contributed by atoms with Crippen molar-refractivity contribution in [3.8, 4) is 17.2 Å². The van der Waals surface area contributed by atoms with Gasteiger partial charge in [-0.25, -0.2) is 9.79 Å². The van der Waals surface area contributed by atoms with E-state index in [1.165, 1.54) is 26.2 Å². The first-order valence-corrected chi connectivity index (χ1v) is 10.8. The molecule has 1 atom stereocenters. The molecule has 2 N–H and O–H groups in total. The molecule has 3 aromatic carbocycles. The van der Waals surface area contributed by atoms with Gasteiger partial charge in [-0.3, -0.25) is 4.79 Å². The van der Waals surface area contributed by atoms with Crippen molar-refractivity contribution in [3.63, 3.8) is 0 Å². The Balaban J connectivity index is 1.66. The van der Waals surface area contributed by atoms with E-state index in [1.54, 1.807) is 19.2 Å². The van der Waals surface area contributed by atoms with E-state index in [0.29, 0.717) is 34.3 Å². The molecule has 3 amide bonds. The van der Waals surface area contributed by atoms with Crippen molar-refractivity contribution >= 4 is 29.0 Å². The summed E-state index contributed by atoms with van der Waals surface area (Å²) in [6.45, 7) is 0. The topological polar surface area (TPSA) is 101 Å². The summed E-state index contributed by atoms with van der Waals surface area (Å²) in [5.41, 5.74) is 3.33. The van der Waals surface area contributed by atoms with Crippen molar-refractivity contribution in [2.24, 2.45) is 4.99 Å². The molecular weight excluding hydrogens is 448 g/mol. The molecule has 0 saturated heterocycles. The van der Waals surface area contributed by atoms with Gasteiger partial charge in [-0.05, 0) is 6.07 Å². The minimum atomic E-state index is -1.15. The molecular formula is C26H26N4O5. The zero-order valence-electron chi connectivity index (χ0n) is 19.9. The van der Waals surface area contributed by atoms with Crippen LogP contribution in [0, 0.1) is 0 Å². The number of para-hydroxylation sites is 1. The first-order chi connectivity index (χ1) is 17.0. The molecule has 0 aliphatic carbocycles. The highest BCUT2D eigenvalue weighted by Crippen LogP contribution is 2.40. The maximum absolute atomic E-state index is 13.3. The summed E-state index contributed by atoms with van der Waals surface area (Å²) in [5, 5.41) is 5.40. The molecule has 4 rings (SSSR count). The SMILES string of the molecule is COc1cc(NC(=O)NC2N=C(c3ccccc3)c3ccccc3N(C)C2=O)cc(OC)c1OC. The second-order valence-electron chi connectivity index (χ2n) is 7.67. The minimum Gasteiger partial charge on any atom is -0.493 e. The van der Waals surface area contributed by atoms with E-state index in [-0.39, 0.29) is 5.91 Å². The first-order valence-electron chi connectivity index (χ1n) is 10.8. The number of anilines is 2. The predicted octanol–water partition coefficient (Wildman–Crippen LogP) is 3.67. The van der Waals surface area contributed by atoms with Gasteiger partial charge < -0.3 is 29.7 Å².